The summed E-state index contributed by atoms with van der Waals surface area (Å²) >= 11 is 1.38. The van der Waals surface area contributed by atoms with Crippen LogP contribution < -0.4 is 5.32 Å². The van der Waals surface area contributed by atoms with Crippen molar-refractivity contribution in [3.8, 4) is 22.0 Å². The van der Waals surface area contributed by atoms with Crippen LogP contribution in [0.2, 0.25) is 0 Å². The molecular weight excluding hydrogens is 442 g/mol. The molecule has 10 nitrogen and oxygen atoms in total. The van der Waals surface area contributed by atoms with Gasteiger partial charge in [-0.2, -0.15) is 10.2 Å². The molecule has 11 heteroatoms. The van der Waals surface area contributed by atoms with Crippen molar-refractivity contribution in [2.75, 3.05) is 5.32 Å². The van der Waals surface area contributed by atoms with Crippen LogP contribution in [0.15, 0.2) is 48.4 Å². The first kappa shape index (κ1) is 21.0. The molecule has 1 aliphatic carbocycles. The van der Waals surface area contributed by atoms with Crippen LogP contribution in [0.5, 0.6) is 0 Å². The van der Waals surface area contributed by atoms with Crippen molar-refractivity contribution in [1.29, 1.82) is 0 Å². The van der Waals surface area contributed by atoms with E-state index in [0.29, 0.717) is 34.2 Å². The van der Waals surface area contributed by atoms with E-state index in [2.05, 4.69) is 25.5 Å². The molecule has 0 aliphatic heterocycles. The van der Waals surface area contributed by atoms with E-state index in [1.165, 1.54) is 11.3 Å². The number of thiazole rings is 1. The lowest BCUT2D eigenvalue weighted by molar-refractivity contribution is -0.135. The Morgan fingerprint density at radius 3 is 2.88 bits per heavy atom. The van der Waals surface area contributed by atoms with Gasteiger partial charge in [0.05, 0.1) is 23.6 Å². The lowest BCUT2D eigenvalue weighted by Gasteiger charge is -2.27. The lowest BCUT2D eigenvalue weighted by atomic mass is 9.93. The molecule has 0 radical (unpaired) electrons. The largest absolute Gasteiger partial charge is 0.465 e. The fourth-order valence-electron chi connectivity index (χ4n) is 3.95. The minimum Gasteiger partial charge on any atom is -0.465 e. The molecule has 0 atom stereocenters. The number of ether oxygens (including phenoxy) is 1. The molecule has 1 amide bonds. The Hall–Kier alpha value is -3.86. The molecule has 5 rings (SSSR count). The van der Waals surface area contributed by atoms with Crippen molar-refractivity contribution in [2.45, 2.75) is 37.8 Å². The second-order valence-corrected chi connectivity index (χ2v) is 8.59. The van der Waals surface area contributed by atoms with E-state index < -0.39 is 0 Å². The van der Waals surface area contributed by atoms with E-state index in [9.17, 15) is 9.59 Å². The molecule has 1 aliphatic rings. The topological polar surface area (TPSA) is 128 Å². The molecule has 4 aromatic rings. The number of aromatic amines is 1. The van der Waals surface area contributed by atoms with Gasteiger partial charge in [0.25, 0.3) is 12.4 Å². The zero-order chi connectivity index (χ0) is 22.6. The standard InChI is InChI=1S/C22H21N7O3S/c30-13-32-16-6-4-15(5-7-16)29-11-18(20(28-29)17-3-1-2-8-23-17)26-21(31)19-12-33-22(27-19)14-9-24-25-10-14/h1-3,8-13,15-16H,4-7H2,(H,24,25)(H,26,31). The summed E-state index contributed by atoms with van der Waals surface area (Å²) in [5, 5.41) is 16.8. The zero-order valence-corrected chi connectivity index (χ0v) is 18.4. The third-order valence-corrected chi connectivity index (χ3v) is 6.53. The number of carbonyl (C=O) groups is 2. The van der Waals surface area contributed by atoms with Crippen LogP contribution in [0.4, 0.5) is 5.69 Å². The van der Waals surface area contributed by atoms with Crippen LogP contribution in [0.1, 0.15) is 42.2 Å². The van der Waals surface area contributed by atoms with Gasteiger partial charge >= 0.3 is 0 Å². The third kappa shape index (κ3) is 4.53. The maximum atomic E-state index is 13.0. The zero-order valence-electron chi connectivity index (χ0n) is 17.5. The molecule has 0 spiro atoms. The fraction of sp³-hybridized carbons (Fsp3) is 0.273. The lowest BCUT2D eigenvalue weighted by Crippen LogP contribution is -2.23. The van der Waals surface area contributed by atoms with Crippen molar-refractivity contribution in [3.05, 3.63) is 54.1 Å². The van der Waals surface area contributed by atoms with Crippen molar-refractivity contribution in [2.24, 2.45) is 0 Å². The molecule has 1 saturated carbocycles. The number of amides is 1. The summed E-state index contributed by atoms with van der Waals surface area (Å²) in [5.74, 6) is -0.319. The van der Waals surface area contributed by atoms with Gasteiger partial charge in [0.15, 0.2) is 0 Å². The molecule has 33 heavy (non-hydrogen) atoms. The average Bonchev–Trinajstić information content (AvgIpc) is 3.61. The second kappa shape index (κ2) is 9.33. The van der Waals surface area contributed by atoms with Gasteiger partial charge in [0.2, 0.25) is 0 Å². The van der Waals surface area contributed by atoms with E-state index in [0.717, 1.165) is 31.2 Å². The Morgan fingerprint density at radius 1 is 1.27 bits per heavy atom. The van der Waals surface area contributed by atoms with Crippen LogP contribution in [-0.4, -0.2) is 48.4 Å². The number of aromatic nitrogens is 6. The summed E-state index contributed by atoms with van der Waals surface area (Å²) in [6.07, 6.45) is 10.1. The van der Waals surface area contributed by atoms with Crippen LogP contribution in [0.3, 0.4) is 0 Å². The highest BCUT2D eigenvalue weighted by Gasteiger charge is 2.26. The van der Waals surface area contributed by atoms with Crippen molar-refractivity contribution in [3.63, 3.8) is 0 Å². The minimum atomic E-state index is -0.319. The predicted molar refractivity (Wildman–Crippen MR) is 122 cm³/mol. The summed E-state index contributed by atoms with van der Waals surface area (Å²) in [7, 11) is 0. The van der Waals surface area contributed by atoms with Crippen LogP contribution in [-0.2, 0) is 9.53 Å². The van der Waals surface area contributed by atoms with Crippen LogP contribution in [0.25, 0.3) is 22.0 Å². The Labute approximate surface area is 193 Å². The first-order valence-electron chi connectivity index (χ1n) is 10.6. The van der Waals surface area contributed by atoms with E-state index in [1.807, 2.05) is 29.1 Å². The Morgan fingerprint density at radius 2 is 2.15 bits per heavy atom. The molecule has 2 N–H and O–H groups in total. The van der Waals surface area contributed by atoms with Gasteiger partial charge in [-0.05, 0) is 37.8 Å². The summed E-state index contributed by atoms with van der Waals surface area (Å²) in [5.41, 5.74) is 2.99. The van der Waals surface area contributed by atoms with Crippen LogP contribution >= 0.6 is 11.3 Å². The monoisotopic (exact) mass is 463 g/mol. The quantitative estimate of drug-likeness (QED) is 0.400. The molecule has 4 aromatic heterocycles. The molecule has 0 unspecified atom stereocenters. The van der Waals surface area contributed by atoms with E-state index in [4.69, 9.17) is 9.84 Å². The third-order valence-electron chi connectivity index (χ3n) is 5.64. The number of hydrogen-bond acceptors (Lipinski definition) is 8. The number of nitrogens with zero attached hydrogens (tertiary/aromatic N) is 5. The van der Waals surface area contributed by atoms with Gasteiger partial charge in [0, 0.05) is 29.5 Å². The highest BCUT2D eigenvalue weighted by Crippen LogP contribution is 2.33. The highest BCUT2D eigenvalue weighted by molar-refractivity contribution is 7.13. The fourth-order valence-corrected chi connectivity index (χ4v) is 4.73. The molecule has 4 heterocycles. The number of rotatable bonds is 7. The maximum Gasteiger partial charge on any atom is 0.293 e. The summed E-state index contributed by atoms with van der Waals surface area (Å²) < 4.78 is 6.99. The molecule has 168 valence electrons. The first-order valence-corrected chi connectivity index (χ1v) is 11.4. The van der Waals surface area contributed by atoms with Gasteiger partial charge in [-0.1, -0.05) is 6.07 Å². The number of pyridine rings is 1. The average molecular weight is 464 g/mol. The van der Waals surface area contributed by atoms with Crippen molar-refractivity contribution in [1.82, 2.24) is 29.9 Å². The number of H-pyrrole nitrogens is 1. The van der Waals surface area contributed by atoms with Crippen molar-refractivity contribution < 1.29 is 14.3 Å². The van der Waals surface area contributed by atoms with E-state index in [1.54, 1.807) is 24.0 Å². The summed E-state index contributed by atoms with van der Waals surface area (Å²) in [4.78, 5) is 32.5. The normalized spacial score (nSPS) is 18.1. The second-order valence-electron chi connectivity index (χ2n) is 7.73. The van der Waals surface area contributed by atoms with Crippen LogP contribution in [0, 0.1) is 0 Å². The molecule has 1 fully saturated rings. The highest BCUT2D eigenvalue weighted by atomic mass is 32.1. The molecule has 0 aromatic carbocycles. The van der Waals surface area contributed by atoms with E-state index >= 15 is 0 Å². The molecule has 0 bridgehead atoms. The van der Waals surface area contributed by atoms with Gasteiger partial charge in [-0.3, -0.25) is 24.4 Å². The number of hydrogen-bond donors (Lipinski definition) is 2. The Balaban J connectivity index is 1.39. The maximum absolute atomic E-state index is 13.0. The van der Waals surface area contributed by atoms with E-state index in [-0.39, 0.29) is 18.1 Å². The van der Waals surface area contributed by atoms with Gasteiger partial charge in [0.1, 0.15) is 22.5 Å². The van der Waals surface area contributed by atoms with Gasteiger partial charge in [-0.25, -0.2) is 4.98 Å². The molecular formula is C22H21N7O3S. The SMILES string of the molecule is O=COC1CCC(n2cc(NC(=O)c3csc(-c4cn[nH]c4)n3)c(-c3ccccn3)n2)CC1. The number of anilines is 1. The van der Waals surface area contributed by atoms with Gasteiger partial charge in [-0.15, -0.1) is 11.3 Å². The minimum absolute atomic E-state index is 0.0437. The Kier molecular flexibility index (Phi) is 5.94. The predicted octanol–water partition coefficient (Wildman–Crippen LogP) is 3.70. The summed E-state index contributed by atoms with van der Waals surface area (Å²) in [6, 6.07) is 5.72. The first-order chi connectivity index (χ1) is 16.2. The van der Waals surface area contributed by atoms with Crippen molar-refractivity contribution >= 4 is 29.4 Å². The smallest absolute Gasteiger partial charge is 0.293 e. The summed E-state index contributed by atoms with van der Waals surface area (Å²) in [6.45, 7) is 0.516. The number of nitrogens with one attached hydrogen (secondary N) is 2. The number of carbonyl (C=O) groups excluding carboxylic acids is 2. The molecule has 0 saturated heterocycles. The van der Waals surface area contributed by atoms with Gasteiger partial charge < -0.3 is 10.1 Å². The Bertz CT molecular complexity index is 1230.